The Kier molecular flexibility index (Phi) is 6.26. The van der Waals surface area contributed by atoms with Gasteiger partial charge in [-0.2, -0.15) is 0 Å². The molecule has 144 valence electrons. The molecule has 0 saturated carbocycles. The number of hydrogen-bond acceptors (Lipinski definition) is 4. The number of likely N-dealkylation sites (tertiary alicyclic amines) is 1. The summed E-state index contributed by atoms with van der Waals surface area (Å²) in [6.45, 7) is 5.92. The molecule has 3 fully saturated rings. The molecule has 0 bridgehead atoms. The highest BCUT2D eigenvalue weighted by Gasteiger charge is 2.44. The molecule has 4 nitrogen and oxygen atoms in total. The normalized spacial score (nSPS) is 29.7. The Labute approximate surface area is 157 Å². The standard InChI is InChI=1S/C22H33NO3/c1-2-5-19(6-3-1)8-12-23-13-10-22(11-14-23)25-18-21(26-22)17-20-7-4-15-24-16-9-20/h1-3,5-6,20-21H,4,7-18H2. The van der Waals surface area contributed by atoms with Gasteiger partial charge in [-0.25, -0.2) is 0 Å². The van der Waals surface area contributed by atoms with Gasteiger partial charge in [0.1, 0.15) is 0 Å². The van der Waals surface area contributed by atoms with Crippen LogP contribution in [0.1, 0.15) is 44.1 Å². The van der Waals surface area contributed by atoms with E-state index < -0.39 is 0 Å². The van der Waals surface area contributed by atoms with E-state index in [0.717, 1.165) is 71.1 Å². The van der Waals surface area contributed by atoms with E-state index in [9.17, 15) is 0 Å². The molecular formula is C22H33NO3. The second kappa shape index (κ2) is 8.83. The van der Waals surface area contributed by atoms with Gasteiger partial charge in [-0.1, -0.05) is 30.3 Å². The van der Waals surface area contributed by atoms with Gasteiger partial charge in [-0.15, -0.1) is 0 Å². The van der Waals surface area contributed by atoms with Crippen molar-refractivity contribution in [2.75, 3.05) is 39.5 Å². The quantitative estimate of drug-likeness (QED) is 0.803. The fourth-order valence-corrected chi connectivity index (χ4v) is 4.62. The van der Waals surface area contributed by atoms with E-state index in [-0.39, 0.29) is 11.9 Å². The minimum absolute atomic E-state index is 0.286. The first-order valence-corrected chi connectivity index (χ1v) is 10.5. The van der Waals surface area contributed by atoms with Crippen molar-refractivity contribution in [3.05, 3.63) is 35.9 Å². The molecule has 2 unspecified atom stereocenters. The van der Waals surface area contributed by atoms with Crippen molar-refractivity contribution in [1.29, 1.82) is 0 Å². The average molecular weight is 360 g/mol. The highest BCUT2D eigenvalue weighted by atomic mass is 16.7. The first-order chi connectivity index (χ1) is 12.8. The number of nitrogens with zero attached hydrogens (tertiary/aromatic N) is 1. The second-order valence-corrected chi connectivity index (χ2v) is 8.18. The third-order valence-electron chi connectivity index (χ3n) is 6.26. The SMILES string of the molecule is c1ccc(CCN2CCC3(CC2)OCC(CC2CCCOCC2)O3)cc1. The molecule has 0 aliphatic carbocycles. The van der Waals surface area contributed by atoms with Gasteiger partial charge in [-0.05, 0) is 43.6 Å². The maximum Gasteiger partial charge on any atom is 0.171 e. The van der Waals surface area contributed by atoms with E-state index in [4.69, 9.17) is 14.2 Å². The Morgan fingerprint density at radius 2 is 1.88 bits per heavy atom. The molecule has 26 heavy (non-hydrogen) atoms. The molecule has 4 rings (SSSR count). The Morgan fingerprint density at radius 3 is 2.73 bits per heavy atom. The number of hydrogen-bond donors (Lipinski definition) is 0. The first kappa shape index (κ1) is 18.4. The van der Waals surface area contributed by atoms with Gasteiger partial charge >= 0.3 is 0 Å². The predicted octanol–water partition coefficient (Wildman–Crippen LogP) is 3.64. The Morgan fingerprint density at radius 1 is 1.04 bits per heavy atom. The Bertz CT molecular complexity index is 534. The zero-order valence-corrected chi connectivity index (χ0v) is 15.9. The number of benzene rings is 1. The molecule has 3 aliphatic rings. The van der Waals surface area contributed by atoms with Crippen LogP contribution < -0.4 is 0 Å². The van der Waals surface area contributed by atoms with Crippen molar-refractivity contribution in [1.82, 2.24) is 4.90 Å². The van der Waals surface area contributed by atoms with E-state index in [2.05, 4.69) is 35.2 Å². The number of piperidine rings is 1. The topological polar surface area (TPSA) is 30.9 Å². The van der Waals surface area contributed by atoms with E-state index in [1.165, 1.54) is 24.8 Å². The second-order valence-electron chi connectivity index (χ2n) is 8.18. The fourth-order valence-electron chi connectivity index (χ4n) is 4.62. The number of rotatable bonds is 5. The molecule has 3 aliphatic heterocycles. The van der Waals surface area contributed by atoms with E-state index in [0.29, 0.717) is 0 Å². The zero-order valence-electron chi connectivity index (χ0n) is 15.9. The molecular weight excluding hydrogens is 326 g/mol. The maximum absolute atomic E-state index is 6.45. The molecule has 3 heterocycles. The highest BCUT2D eigenvalue weighted by Crippen LogP contribution is 2.37. The summed E-state index contributed by atoms with van der Waals surface area (Å²) in [6.07, 6.45) is 8.22. The summed E-state index contributed by atoms with van der Waals surface area (Å²) in [6, 6.07) is 10.8. The van der Waals surface area contributed by atoms with Crippen molar-refractivity contribution in [2.45, 2.75) is 56.8 Å². The Hall–Kier alpha value is -0.940. The summed E-state index contributed by atoms with van der Waals surface area (Å²) in [5, 5.41) is 0. The zero-order chi connectivity index (χ0) is 17.7. The van der Waals surface area contributed by atoms with E-state index >= 15 is 0 Å². The van der Waals surface area contributed by atoms with Crippen LogP contribution in [0.15, 0.2) is 30.3 Å². The monoisotopic (exact) mass is 359 g/mol. The van der Waals surface area contributed by atoms with Gasteiger partial charge in [0.25, 0.3) is 0 Å². The summed E-state index contributed by atoms with van der Waals surface area (Å²) in [5.74, 6) is 0.446. The molecule has 3 saturated heterocycles. The average Bonchev–Trinajstić information content (AvgIpc) is 2.89. The smallest absolute Gasteiger partial charge is 0.171 e. The van der Waals surface area contributed by atoms with Crippen molar-refractivity contribution in [3.63, 3.8) is 0 Å². The minimum atomic E-state index is -0.296. The molecule has 0 N–H and O–H groups in total. The van der Waals surface area contributed by atoms with Gasteiger partial charge in [0.05, 0.1) is 12.7 Å². The maximum atomic E-state index is 6.45. The lowest BCUT2D eigenvalue weighted by Crippen LogP contribution is -2.46. The van der Waals surface area contributed by atoms with Crippen molar-refractivity contribution >= 4 is 0 Å². The van der Waals surface area contributed by atoms with Crippen LogP contribution in [0, 0.1) is 5.92 Å². The van der Waals surface area contributed by atoms with Crippen LogP contribution in [0.3, 0.4) is 0 Å². The van der Waals surface area contributed by atoms with Crippen LogP contribution in [0.25, 0.3) is 0 Å². The van der Waals surface area contributed by atoms with E-state index in [1.807, 2.05) is 0 Å². The fraction of sp³-hybridized carbons (Fsp3) is 0.727. The third-order valence-corrected chi connectivity index (χ3v) is 6.26. The lowest BCUT2D eigenvalue weighted by atomic mass is 9.94. The largest absolute Gasteiger partial charge is 0.381 e. The highest BCUT2D eigenvalue weighted by molar-refractivity contribution is 5.14. The summed E-state index contributed by atoms with van der Waals surface area (Å²) >= 11 is 0. The summed E-state index contributed by atoms with van der Waals surface area (Å²) in [4.78, 5) is 2.56. The van der Waals surface area contributed by atoms with Crippen LogP contribution in [0.5, 0.6) is 0 Å². The van der Waals surface area contributed by atoms with Gasteiger partial charge in [-0.3, -0.25) is 0 Å². The van der Waals surface area contributed by atoms with Gasteiger partial charge in [0.2, 0.25) is 0 Å². The van der Waals surface area contributed by atoms with Crippen LogP contribution in [0.2, 0.25) is 0 Å². The Balaban J connectivity index is 1.20. The number of ether oxygens (including phenoxy) is 3. The molecule has 0 radical (unpaired) electrons. The molecule has 1 aromatic carbocycles. The van der Waals surface area contributed by atoms with Gasteiger partial charge in [0, 0.05) is 45.7 Å². The molecule has 1 spiro atoms. The van der Waals surface area contributed by atoms with Crippen molar-refractivity contribution in [2.24, 2.45) is 5.92 Å². The molecule has 0 amide bonds. The van der Waals surface area contributed by atoms with Crippen LogP contribution >= 0.6 is 0 Å². The van der Waals surface area contributed by atoms with Crippen molar-refractivity contribution < 1.29 is 14.2 Å². The first-order valence-electron chi connectivity index (χ1n) is 10.5. The van der Waals surface area contributed by atoms with Crippen molar-refractivity contribution in [3.8, 4) is 0 Å². The van der Waals surface area contributed by atoms with Crippen LogP contribution in [0.4, 0.5) is 0 Å². The minimum Gasteiger partial charge on any atom is -0.381 e. The summed E-state index contributed by atoms with van der Waals surface area (Å²) < 4.78 is 18.2. The third kappa shape index (κ3) is 4.86. The molecule has 1 aromatic rings. The van der Waals surface area contributed by atoms with Gasteiger partial charge in [0.15, 0.2) is 5.79 Å². The molecule has 4 heteroatoms. The molecule has 2 atom stereocenters. The van der Waals surface area contributed by atoms with Crippen LogP contribution in [-0.2, 0) is 20.6 Å². The predicted molar refractivity (Wildman–Crippen MR) is 102 cm³/mol. The molecule has 0 aromatic heterocycles. The van der Waals surface area contributed by atoms with E-state index in [1.54, 1.807) is 0 Å². The lowest BCUT2D eigenvalue weighted by Gasteiger charge is -2.38. The summed E-state index contributed by atoms with van der Waals surface area (Å²) in [7, 11) is 0. The van der Waals surface area contributed by atoms with Crippen LogP contribution in [-0.4, -0.2) is 56.2 Å². The summed E-state index contributed by atoms with van der Waals surface area (Å²) in [5.41, 5.74) is 1.42. The van der Waals surface area contributed by atoms with Gasteiger partial charge < -0.3 is 19.1 Å². The lowest BCUT2D eigenvalue weighted by molar-refractivity contribution is -0.196.